The van der Waals surface area contributed by atoms with Crippen molar-refractivity contribution in [1.29, 1.82) is 0 Å². The van der Waals surface area contributed by atoms with Crippen molar-refractivity contribution in [2.24, 2.45) is 0 Å². The average Bonchev–Trinajstić information content (AvgIpc) is 3.07. The minimum Gasteiger partial charge on any atom is -0.326 e. The van der Waals surface area contributed by atoms with Crippen molar-refractivity contribution in [2.75, 3.05) is 0 Å². The summed E-state index contributed by atoms with van der Waals surface area (Å²) in [4.78, 5) is 9.44. The SMILES string of the molecule is CC(Cn1cncn1)n1ccnc1-c1ccc(Cl)s1. The van der Waals surface area contributed by atoms with Crippen LogP contribution in [0.5, 0.6) is 0 Å². The van der Waals surface area contributed by atoms with Gasteiger partial charge in [-0.1, -0.05) is 11.6 Å². The number of rotatable bonds is 4. The molecule has 0 bridgehead atoms. The number of aromatic nitrogens is 5. The van der Waals surface area contributed by atoms with E-state index in [4.69, 9.17) is 11.6 Å². The van der Waals surface area contributed by atoms with Gasteiger partial charge in [-0.25, -0.2) is 9.97 Å². The fourth-order valence-corrected chi connectivity index (χ4v) is 3.02. The van der Waals surface area contributed by atoms with Gasteiger partial charge in [0.05, 0.1) is 21.8 Å². The molecule has 19 heavy (non-hydrogen) atoms. The Balaban J connectivity index is 1.87. The van der Waals surface area contributed by atoms with Crippen LogP contribution in [0.25, 0.3) is 10.7 Å². The summed E-state index contributed by atoms with van der Waals surface area (Å²) in [6.07, 6.45) is 7.04. The number of hydrogen-bond donors (Lipinski definition) is 0. The van der Waals surface area contributed by atoms with E-state index in [1.165, 1.54) is 11.3 Å². The molecule has 0 aromatic carbocycles. The monoisotopic (exact) mass is 293 g/mol. The Kier molecular flexibility index (Phi) is 3.35. The predicted octanol–water partition coefficient (Wildman–Crippen LogP) is 3.12. The van der Waals surface area contributed by atoms with Crippen LogP contribution in [0.2, 0.25) is 4.34 Å². The van der Waals surface area contributed by atoms with Gasteiger partial charge in [-0.3, -0.25) is 4.68 Å². The van der Waals surface area contributed by atoms with Gasteiger partial charge in [-0.2, -0.15) is 5.10 Å². The van der Waals surface area contributed by atoms with E-state index in [2.05, 4.69) is 26.6 Å². The fraction of sp³-hybridized carbons (Fsp3) is 0.250. The number of halogens is 1. The third-order valence-corrected chi connectivity index (χ3v) is 4.08. The highest BCUT2D eigenvalue weighted by Crippen LogP contribution is 2.31. The minimum absolute atomic E-state index is 0.236. The van der Waals surface area contributed by atoms with Gasteiger partial charge in [0, 0.05) is 12.4 Å². The van der Waals surface area contributed by atoms with Gasteiger partial charge in [0.25, 0.3) is 0 Å². The van der Waals surface area contributed by atoms with Gasteiger partial charge in [-0.15, -0.1) is 11.3 Å². The maximum Gasteiger partial charge on any atom is 0.150 e. The topological polar surface area (TPSA) is 48.5 Å². The smallest absolute Gasteiger partial charge is 0.150 e. The largest absolute Gasteiger partial charge is 0.326 e. The molecule has 0 amide bonds. The molecule has 0 aliphatic rings. The molecule has 1 atom stereocenters. The van der Waals surface area contributed by atoms with E-state index < -0.39 is 0 Å². The summed E-state index contributed by atoms with van der Waals surface area (Å²) in [7, 11) is 0. The Morgan fingerprint density at radius 3 is 3.00 bits per heavy atom. The van der Waals surface area contributed by atoms with Crippen LogP contribution < -0.4 is 0 Å². The molecule has 0 aliphatic heterocycles. The molecular formula is C12H12ClN5S. The van der Waals surface area contributed by atoms with E-state index in [-0.39, 0.29) is 6.04 Å². The van der Waals surface area contributed by atoms with Crippen molar-refractivity contribution in [3.05, 3.63) is 41.5 Å². The van der Waals surface area contributed by atoms with Crippen LogP contribution in [0.3, 0.4) is 0 Å². The summed E-state index contributed by atoms with van der Waals surface area (Å²) in [5, 5.41) is 4.13. The molecule has 0 saturated heterocycles. The van der Waals surface area contributed by atoms with Crippen molar-refractivity contribution < 1.29 is 0 Å². The summed E-state index contributed by atoms with van der Waals surface area (Å²) in [6.45, 7) is 2.88. The molecule has 3 aromatic heterocycles. The van der Waals surface area contributed by atoms with E-state index in [0.29, 0.717) is 0 Å². The van der Waals surface area contributed by atoms with E-state index in [1.54, 1.807) is 18.9 Å². The van der Waals surface area contributed by atoms with Crippen LogP contribution >= 0.6 is 22.9 Å². The highest BCUT2D eigenvalue weighted by molar-refractivity contribution is 7.19. The quantitative estimate of drug-likeness (QED) is 0.742. The lowest BCUT2D eigenvalue weighted by atomic mass is 10.3. The second-order valence-electron chi connectivity index (χ2n) is 4.23. The first kappa shape index (κ1) is 12.4. The molecular weight excluding hydrogens is 282 g/mol. The Bertz CT molecular complexity index is 657. The van der Waals surface area contributed by atoms with Gasteiger partial charge in [-0.05, 0) is 19.1 Å². The van der Waals surface area contributed by atoms with E-state index in [0.717, 1.165) is 21.6 Å². The Morgan fingerprint density at radius 2 is 2.32 bits per heavy atom. The number of hydrogen-bond acceptors (Lipinski definition) is 4. The molecule has 0 saturated carbocycles. The first-order valence-electron chi connectivity index (χ1n) is 5.85. The number of imidazole rings is 1. The average molecular weight is 294 g/mol. The molecule has 0 N–H and O–H groups in total. The van der Waals surface area contributed by atoms with Crippen molar-refractivity contribution in [1.82, 2.24) is 24.3 Å². The normalized spacial score (nSPS) is 12.7. The second kappa shape index (κ2) is 5.14. The molecule has 0 fully saturated rings. The van der Waals surface area contributed by atoms with E-state index in [9.17, 15) is 0 Å². The maximum atomic E-state index is 5.98. The predicted molar refractivity (Wildman–Crippen MR) is 75.3 cm³/mol. The van der Waals surface area contributed by atoms with Gasteiger partial charge in [0.1, 0.15) is 18.5 Å². The first-order chi connectivity index (χ1) is 9.24. The lowest BCUT2D eigenvalue weighted by molar-refractivity contribution is 0.440. The molecule has 7 heteroatoms. The Hall–Kier alpha value is -1.66. The number of thiophene rings is 1. The third-order valence-electron chi connectivity index (χ3n) is 2.85. The molecule has 5 nitrogen and oxygen atoms in total. The summed E-state index contributed by atoms with van der Waals surface area (Å²) < 4.78 is 4.72. The molecule has 0 radical (unpaired) electrons. The fourth-order valence-electron chi connectivity index (χ4n) is 1.98. The van der Waals surface area contributed by atoms with Gasteiger partial charge >= 0.3 is 0 Å². The second-order valence-corrected chi connectivity index (χ2v) is 5.94. The Morgan fingerprint density at radius 1 is 1.42 bits per heavy atom. The lowest BCUT2D eigenvalue weighted by Crippen LogP contribution is -2.13. The Labute approximate surface area is 119 Å². The first-order valence-corrected chi connectivity index (χ1v) is 7.04. The number of nitrogens with zero attached hydrogens (tertiary/aromatic N) is 5. The van der Waals surface area contributed by atoms with Crippen LogP contribution in [-0.4, -0.2) is 24.3 Å². The van der Waals surface area contributed by atoms with Crippen LogP contribution in [0.15, 0.2) is 37.2 Å². The molecule has 3 aromatic rings. The summed E-state index contributed by atoms with van der Waals surface area (Å²) in [5.74, 6) is 0.935. The standard InChI is InChI=1S/C12H12ClN5S/c1-9(6-17-8-14-7-16-17)18-5-4-15-12(18)10-2-3-11(13)19-10/h2-5,7-9H,6H2,1H3. The zero-order chi connectivity index (χ0) is 13.2. The molecule has 98 valence electrons. The molecule has 3 heterocycles. The highest BCUT2D eigenvalue weighted by atomic mass is 35.5. The zero-order valence-corrected chi connectivity index (χ0v) is 11.8. The van der Waals surface area contributed by atoms with E-state index >= 15 is 0 Å². The van der Waals surface area contributed by atoms with Crippen molar-refractivity contribution in [3.8, 4) is 10.7 Å². The molecule has 0 spiro atoms. The van der Waals surface area contributed by atoms with Gasteiger partial charge in [0.15, 0.2) is 0 Å². The van der Waals surface area contributed by atoms with Crippen LogP contribution in [-0.2, 0) is 6.54 Å². The van der Waals surface area contributed by atoms with E-state index in [1.807, 2.05) is 23.0 Å². The minimum atomic E-state index is 0.236. The maximum absolute atomic E-state index is 5.98. The van der Waals surface area contributed by atoms with Crippen molar-refractivity contribution in [3.63, 3.8) is 0 Å². The van der Waals surface area contributed by atoms with Crippen LogP contribution in [0, 0.1) is 0 Å². The van der Waals surface area contributed by atoms with Crippen LogP contribution in [0.4, 0.5) is 0 Å². The molecule has 3 rings (SSSR count). The summed E-state index contributed by atoms with van der Waals surface area (Å²) in [5.41, 5.74) is 0. The highest BCUT2D eigenvalue weighted by Gasteiger charge is 2.14. The van der Waals surface area contributed by atoms with Crippen molar-refractivity contribution >= 4 is 22.9 Å². The lowest BCUT2D eigenvalue weighted by Gasteiger charge is -2.15. The molecule has 1 unspecified atom stereocenters. The van der Waals surface area contributed by atoms with Crippen LogP contribution in [0.1, 0.15) is 13.0 Å². The van der Waals surface area contributed by atoms with Gasteiger partial charge in [0.2, 0.25) is 0 Å². The molecule has 0 aliphatic carbocycles. The summed E-state index contributed by atoms with van der Waals surface area (Å²) in [6, 6.07) is 4.12. The third kappa shape index (κ3) is 2.54. The summed E-state index contributed by atoms with van der Waals surface area (Å²) >= 11 is 7.52. The zero-order valence-electron chi connectivity index (χ0n) is 10.3. The van der Waals surface area contributed by atoms with Crippen molar-refractivity contribution in [2.45, 2.75) is 19.5 Å². The van der Waals surface area contributed by atoms with Gasteiger partial charge < -0.3 is 4.57 Å².